The van der Waals surface area contributed by atoms with Gasteiger partial charge in [0.25, 0.3) is 6.01 Å². The fraction of sp³-hybridized carbons (Fsp3) is 0.368. The highest BCUT2D eigenvalue weighted by Gasteiger charge is 2.43. The van der Waals surface area contributed by atoms with Crippen LogP contribution in [0.2, 0.25) is 5.02 Å². The third-order valence-corrected chi connectivity index (χ3v) is 5.24. The minimum absolute atomic E-state index is 0.0169. The molecule has 152 valence electrons. The van der Waals surface area contributed by atoms with Gasteiger partial charge in [0.15, 0.2) is 11.8 Å². The Morgan fingerprint density at radius 3 is 2.86 bits per heavy atom. The van der Waals surface area contributed by atoms with Crippen molar-refractivity contribution in [3.63, 3.8) is 0 Å². The van der Waals surface area contributed by atoms with Crippen molar-refractivity contribution in [1.29, 1.82) is 0 Å². The van der Waals surface area contributed by atoms with Crippen molar-refractivity contribution in [2.45, 2.75) is 31.3 Å². The van der Waals surface area contributed by atoms with Crippen LogP contribution < -0.4 is 9.47 Å². The molecule has 1 N–H and O–H groups in total. The number of hydrogen-bond acceptors (Lipinski definition) is 6. The van der Waals surface area contributed by atoms with Gasteiger partial charge in [-0.15, -0.1) is 0 Å². The van der Waals surface area contributed by atoms with Crippen LogP contribution in [-0.4, -0.2) is 46.5 Å². The molecule has 2 aliphatic heterocycles. The summed E-state index contributed by atoms with van der Waals surface area (Å²) in [4.78, 5) is 11.5. The van der Waals surface area contributed by atoms with Crippen molar-refractivity contribution in [2.24, 2.45) is 0 Å². The first-order chi connectivity index (χ1) is 14.1. The van der Waals surface area contributed by atoms with E-state index in [1.54, 1.807) is 6.07 Å². The van der Waals surface area contributed by atoms with E-state index in [0.717, 1.165) is 18.6 Å². The first-order valence-corrected chi connectivity index (χ1v) is 9.48. The molecule has 7 nitrogen and oxygen atoms in total. The van der Waals surface area contributed by atoms with E-state index in [1.807, 2.05) is 0 Å². The molecular formula is C19H16ClF2N3O4. The summed E-state index contributed by atoms with van der Waals surface area (Å²) in [5.41, 5.74) is 0.636. The Morgan fingerprint density at radius 2 is 2.03 bits per heavy atom. The Bertz CT molecular complexity index is 1040. The standard InChI is InChI=1S/C19H16ClF2N3O4/c20-10-6-13-17(24-18(10)28-7-9-11(21)2-1-3-12(9)22)25-19(23-13)29-15-8-27-14-4-5-26-16(14)15/h1-3,6,14-16H,4-5,7-8H2,(H,23,24,25)/t14-,15-,16+/m1/s1. The number of fused-ring (bicyclic) bond motifs is 2. The van der Waals surface area contributed by atoms with Crippen LogP contribution in [0.15, 0.2) is 24.3 Å². The first-order valence-electron chi connectivity index (χ1n) is 9.10. The van der Waals surface area contributed by atoms with Gasteiger partial charge in [-0.3, -0.25) is 0 Å². The van der Waals surface area contributed by atoms with Gasteiger partial charge >= 0.3 is 0 Å². The highest BCUT2D eigenvalue weighted by atomic mass is 35.5. The SMILES string of the molecule is Fc1cccc(F)c1COc1nc2nc(O[C@@H]3CO[C@@H]4CCO[C@@H]43)[nH]c2cc1Cl. The average Bonchev–Trinajstić information content (AvgIpc) is 3.38. The van der Waals surface area contributed by atoms with Crippen molar-refractivity contribution in [3.05, 3.63) is 46.5 Å². The molecule has 0 aliphatic carbocycles. The van der Waals surface area contributed by atoms with E-state index in [0.29, 0.717) is 24.4 Å². The summed E-state index contributed by atoms with van der Waals surface area (Å²) in [5, 5.41) is 0.174. The second-order valence-corrected chi connectivity index (χ2v) is 7.24. The lowest BCUT2D eigenvalue weighted by Crippen LogP contribution is -2.32. The molecule has 5 rings (SSSR count). The third kappa shape index (κ3) is 3.50. The number of pyridine rings is 1. The van der Waals surface area contributed by atoms with Crippen LogP contribution in [0.5, 0.6) is 11.9 Å². The predicted octanol–water partition coefficient (Wildman–Crippen LogP) is 3.40. The number of rotatable bonds is 5. The van der Waals surface area contributed by atoms with Gasteiger partial charge in [-0.25, -0.2) is 8.78 Å². The van der Waals surface area contributed by atoms with Crippen molar-refractivity contribution in [1.82, 2.24) is 15.0 Å². The topological polar surface area (TPSA) is 78.5 Å². The summed E-state index contributed by atoms with van der Waals surface area (Å²) in [6.07, 6.45) is 0.522. The molecule has 0 bridgehead atoms. The summed E-state index contributed by atoms with van der Waals surface area (Å²) < 4.78 is 50.2. The summed E-state index contributed by atoms with van der Waals surface area (Å²) in [6, 6.07) is 5.42. The molecular weight excluding hydrogens is 408 g/mol. The minimum Gasteiger partial charge on any atom is -0.471 e. The van der Waals surface area contributed by atoms with Gasteiger partial charge in [0, 0.05) is 6.61 Å². The van der Waals surface area contributed by atoms with Crippen molar-refractivity contribution in [3.8, 4) is 11.9 Å². The normalized spacial score (nSPS) is 23.5. The molecule has 0 radical (unpaired) electrons. The van der Waals surface area contributed by atoms with E-state index < -0.39 is 11.6 Å². The number of aromatic nitrogens is 3. The molecule has 0 amide bonds. The number of H-pyrrole nitrogens is 1. The van der Waals surface area contributed by atoms with E-state index in [-0.39, 0.29) is 47.4 Å². The number of imidazole rings is 1. The smallest absolute Gasteiger partial charge is 0.296 e. The lowest BCUT2D eigenvalue weighted by Gasteiger charge is -2.15. The van der Waals surface area contributed by atoms with Crippen molar-refractivity contribution < 1.29 is 27.7 Å². The molecule has 2 aromatic heterocycles. The van der Waals surface area contributed by atoms with Crippen LogP contribution in [0.4, 0.5) is 8.78 Å². The van der Waals surface area contributed by atoms with Gasteiger partial charge < -0.3 is 23.9 Å². The zero-order valence-corrected chi connectivity index (χ0v) is 15.8. The largest absolute Gasteiger partial charge is 0.471 e. The minimum atomic E-state index is -0.705. The Hall–Kier alpha value is -2.49. The molecule has 1 aromatic carbocycles. The number of aromatic amines is 1. The fourth-order valence-electron chi connectivity index (χ4n) is 3.52. The highest BCUT2D eigenvalue weighted by molar-refractivity contribution is 6.32. The van der Waals surface area contributed by atoms with Crippen LogP contribution >= 0.6 is 11.6 Å². The Kier molecular flexibility index (Phi) is 4.73. The average molecular weight is 424 g/mol. The van der Waals surface area contributed by atoms with Crippen molar-refractivity contribution >= 4 is 22.8 Å². The van der Waals surface area contributed by atoms with Crippen LogP contribution in [0, 0.1) is 11.6 Å². The Labute approximate surface area is 168 Å². The van der Waals surface area contributed by atoms with E-state index in [2.05, 4.69) is 15.0 Å². The van der Waals surface area contributed by atoms with Gasteiger partial charge in [-0.05, 0) is 24.6 Å². The lowest BCUT2D eigenvalue weighted by molar-refractivity contribution is 0.0273. The van der Waals surface area contributed by atoms with E-state index >= 15 is 0 Å². The number of halogens is 3. The lowest BCUT2D eigenvalue weighted by atomic mass is 10.1. The number of hydrogen-bond donors (Lipinski definition) is 1. The monoisotopic (exact) mass is 423 g/mol. The summed E-state index contributed by atoms with van der Waals surface area (Å²) in [5.74, 6) is -1.39. The molecule has 2 aliphatic rings. The molecule has 4 heterocycles. The number of nitrogens with zero attached hydrogens (tertiary/aromatic N) is 2. The fourth-order valence-corrected chi connectivity index (χ4v) is 3.73. The zero-order chi connectivity index (χ0) is 20.0. The third-order valence-electron chi connectivity index (χ3n) is 4.97. The van der Waals surface area contributed by atoms with Gasteiger partial charge in [-0.1, -0.05) is 17.7 Å². The summed E-state index contributed by atoms with van der Waals surface area (Å²) >= 11 is 6.20. The van der Waals surface area contributed by atoms with Crippen LogP contribution in [0.25, 0.3) is 11.2 Å². The van der Waals surface area contributed by atoms with Crippen LogP contribution in [0.1, 0.15) is 12.0 Å². The van der Waals surface area contributed by atoms with E-state index in [9.17, 15) is 8.78 Å². The maximum atomic E-state index is 13.8. The molecule has 2 fully saturated rings. The van der Waals surface area contributed by atoms with Crippen LogP contribution in [0.3, 0.4) is 0 Å². The summed E-state index contributed by atoms with van der Waals surface area (Å²) in [7, 11) is 0. The molecule has 0 unspecified atom stereocenters. The van der Waals surface area contributed by atoms with Crippen molar-refractivity contribution in [2.75, 3.05) is 13.2 Å². The Balaban J connectivity index is 1.34. The molecule has 10 heteroatoms. The summed E-state index contributed by atoms with van der Waals surface area (Å²) in [6.45, 7) is 0.712. The van der Waals surface area contributed by atoms with Gasteiger partial charge in [0.2, 0.25) is 5.88 Å². The zero-order valence-electron chi connectivity index (χ0n) is 15.0. The van der Waals surface area contributed by atoms with E-state index in [4.69, 9.17) is 30.5 Å². The quantitative estimate of drug-likeness (QED) is 0.677. The van der Waals surface area contributed by atoms with Gasteiger partial charge in [0.05, 0.1) is 23.8 Å². The number of benzene rings is 1. The maximum Gasteiger partial charge on any atom is 0.296 e. The first kappa shape index (κ1) is 18.5. The van der Waals surface area contributed by atoms with Crippen LogP contribution in [-0.2, 0) is 16.1 Å². The Morgan fingerprint density at radius 1 is 1.21 bits per heavy atom. The maximum absolute atomic E-state index is 13.8. The molecule has 3 atom stereocenters. The second kappa shape index (κ2) is 7.40. The second-order valence-electron chi connectivity index (χ2n) is 6.83. The molecule has 0 saturated carbocycles. The predicted molar refractivity (Wildman–Crippen MR) is 98.1 cm³/mol. The molecule has 29 heavy (non-hydrogen) atoms. The highest BCUT2D eigenvalue weighted by Crippen LogP contribution is 2.31. The number of nitrogens with one attached hydrogen (secondary N) is 1. The molecule has 3 aromatic rings. The van der Waals surface area contributed by atoms with Gasteiger partial charge in [0.1, 0.15) is 29.4 Å². The number of ether oxygens (including phenoxy) is 4. The molecule has 2 saturated heterocycles. The van der Waals surface area contributed by atoms with E-state index in [1.165, 1.54) is 6.07 Å². The molecule has 0 spiro atoms. The van der Waals surface area contributed by atoms with Gasteiger partial charge in [-0.2, -0.15) is 9.97 Å².